The van der Waals surface area contributed by atoms with Crippen molar-refractivity contribution in [1.29, 1.82) is 0 Å². The van der Waals surface area contributed by atoms with Gasteiger partial charge in [-0.3, -0.25) is 14.5 Å². The summed E-state index contributed by atoms with van der Waals surface area (Å²) < 4.78 is 12.8. The van der Waals surface area contributed by atoms with E-state index < -0.39 is 0 Å². The van der Waals surface area contributed by atoms with Gasteiger partial charge >= 0.3 is 0 Å². The van der Waals surface area contributed by atoms with Gasteiger partial charge in [0.2, 0.25) is 0 Å². The van der Waals surface area contributed by atoms with Crippen LogP contribution in [0.1, 0.15) is 25.0 Å². The first kappa shape index (κ1) is 17.9. The summed E-state index contributed by atoms with van der Waals surface area (Å²) in [5.41, 5.74) is 1.33. The molecule has 3 heterocycles. The summed E-state index contributed by atoms with van der Waals surface area (Å²) in [7, 11) is 1.76. The predicted molar refractivity (Wildman–Crippen MR) is 94.0 cm³/mol. The molecular formula is C18H32N4O2. The number of aromatic nitrogens is 2. The second-order valence-electron chi connectivity index (χ2n) is 7.05. The molecule has 1 atom stereocenters. The molecule has 2 saturated heterocycles. The molecule has 0 radical (unpaired) electrons. The van der Waals surface area contributed by atoms with Crippen LogP contribution in [0.15, 0.2) is 12.3 Å². The summed E-state index contributed by atoms with van der Waals surface area (Å²) in [4.78, 5) is 5.19. The second kappa shape index (κ2) is 9.51. The first-order valence-electron chi connectivity index (χ1n) is 9.37. The molecule has 0 N–H and O–H groups in total. The molecule has 1 unspecified atom stereocenters. The van der Waals surface area contributed by atoms with E-state index in [1.807, 2.05) is 6.20 Å². The van der Waals surface area contributed by atoms with Crippen LogP contribution in [0.2, 0.25) is 0 Å². The minimum atomic E-state index is 0.793. The van der Waals surface area contributed by atoms with Crippen LogP contribution < -0.4 is 0 Å². The van der Waals surface area contributed by atoms with Crippen molar-refractivity contribution in [3.63, 3.8) is 0 Å². The number of rotatable bonds is 8. The van der Waals surface area contributed by atoms with E-state index in [4.69, 9.17) is 9.47 Å². The van der Waals surface area contributed by atoms with E-state index in [2.05, 4.69) is 25.6 Å². The van der Waals surface area contributed by atoms with Crippen molar-refractivity contribution in [1.82, 2.24) is 19.6 Å². The lowest BCUT2D eigenvalue weighted by molar-refractivity contribution is 0.0222. The maximum atomic E-state index is 5.46. The zero-order valence-corrected chi connectivity index (χ0v) is 15.0. The Labute approximate surface area is 145 Å². The fourth-order valence-corrected chi connectivity index (χ4v) is 3.88. The highest BCUT2D eigenvalue weighted by atomic mass is 16.5. The van der Waals surface area contributed by atoms with E-state index in [-0.39, 0.29) is 0 Å². The van der Waals surface area contributed by atoms with Gasteiger partial charge in [0.15, 0.2) is 0 Å². The number of aryl methyl sites for hydroxylation is 1. The Balaban J connectivity index is 1.47. The van der Waals surface area contributed by atoms with Crippen LogP contribution >= 0.6 is 0 Å². The number of hydrogen-bond donors (Lipinski definition) is 0. The van der Waals surface area contributed by atoms with E-state index >= 15 is 0 Å². The highest BCUT2D eigenvalue weighted by molar-refractivity contribution is 5.01. The molecule has 0 spiro atoms. The van der Waals surface area contributed by atoms with Crippen LogP contribution in [0.5, 0.6) is 0 Å². The Kier molecular flexibility index (Phi) is 7.08. The highest BCUT2D eigenvalue weighted by Gasteiger charge is 2.23. The Hall–Kier alpha value is -0.950. The van der Waals surface area contributed by atoms with Gasteiger partial charge < -0.3 is 9.47 Å². The summed E-state index contributed by atoms with van der Waals surface area (Å²) in [6, 6.07) is 2.17. The van der Waals surface area contributed by atoms with Gasteiger partial charge in [-0.15, -0.1) is 0 Å². The SMILES string of the molecule is COCCCn1nccc1CN1CCCC(CN2CCOCC2)C1. The van der Waals surface area contributed by atoms with Gasteiger partial charge in [-0.1, -0.05) is 0 Å². The smallest absolute Gasteiger partial charge is 0.0594 e. The average Bonchev–Trinajstić information content (AvgIpc) is 3.03. The first-order valence-corrected chi connectivity index (χ1v) is 9.37. The number of hydrogen-bond acceptors (Lipinski definition) is 5. The monoisotopic (exact) mass is 336 g/mol. The van der Waals surface area contributed by atoms with Crippen LogP contribution in [0, 0.1) is 5.92 Å². The van der Waals surface area contributed by atoms with Crippen molar-refractivity contribution in [3.8, 4) is 0 Å². The molecular weight excluding hydrogens is 304 g/mol. The fraction of sp³-hybridized carbons (Fsp3) is 0.833. The van der Waals surface area contributed by atoms with Gasteiger partial charge in [0, 0.05) is 59.2 Å². The lowest BCUT2D eigenvalue weighted by Crippen LogP contribution is -2.44. The molecule has 0 bridgehead atoms. The van der Waals surface area contributed by atoms with Crippen LogP contribution in [0.25, 0.3) is 0 Å². The Morgan fingerprint density at radius 1 is 1.25 bits per heavy atom. The van der Waals surface area contributed by atoms with E-state index in [1.165, 1.54) is 38.2 Å². The van der Waals surface area contributed by atoms with Crippen molar-refractivity contribution in [2.24, 2.45) is 5.92 Å². The summed E-state index contributed by atoms with van der Waals surface area (Å²) in [6.07, 6.45) is 5.62. The van der Waals surface area contributed by atoms with Crippen molar-refractivity contribution < 1.29 is 9.47 Å². The standard InChI is InChI=1S/C18H32N4O2/c1-23-11-3-8-22-18(5-6-19-22)16-21-7-2-4-17(15-21)14-20-9-12-24-13-10-20/h5-6,17H,2-4,7-16H2,1H3. The quantitative estimate of drug-likeness (QED) is 0.673. The van der Waals surface area contributed by atoms with Crippen LogP contribution in [0.3, 0.4) is 0 Å². The molecule has 0 amide bonds. The number of ether oxygens (including phenoxy) is 2. The van der Waals surface area contributed by atoms with Crippen LogP contribution in [0.4, 0.5) is 0 Å². The molecule has 1 aromatic rings. The third-order valence-corrected chi connectivity index (χ3v) is 5.13. The lowest BCUT2D eigenvalue weighted by Gasteiger charge is -2.36. The molecule has 136 valence electrons. The summed E-state index contributed by atoms with van der Waals surface area (Å²) in [5, 5.41) is 4.48. The molecule has 24 heavy (non-hydrogen) atoms. The van der Waals surface area contributed by atoms with E-state index in [9.17, 15) is 0 Å². The van der Waals surface area contributed by atoms with E-state index in [0.29, 0.717) is 0 Å². The normalized spacial score (nSPS) is 23.6. The molecule has 0 aromatic carbocycles. The third-order valence-electron chi connectivity index (χ3n) is 5.13. The number of piperidine rings is 1. The zero-order chi connectivity index (χ0) is 16.6. The van der Waals surface area contributed by atoms with Gasteiger partial charge in [-0.05, 0) is 37.8 Å². The summed E-state index contributed by atoms with van der Waals surface area (Å²) in [6.45, 7) is 10.4. The van der Waals surface area contributed by atoms with Gasteiger partial charge in [0.1, 0.15) is 0 Å². The maximum Gasteiger partial charge on any atom is 0.0594 e. The largest absolute Gasteiger partial charge is 0.385 e. The maximum absolute atomic E-state index is 5.46. The molecule has 3 rings (SSSR count). The average molecular weight is 336 g/mol. The van der Waals surface area contributed by atoms with Crippen molar-refractivity contribution in [3.05, 3.63) is 18.0 Å². The molecule has 6 heteroatoms. The molecule has 0 aliphatic carbocycles. The van der Waals surface area contributed by atoms with Crippen molar-refractivity contribution >= 4 is 0 Å². The highest BCUT2D eigenvalue weighted by Crippen LogP contribution is 2.20. The molecule has 0 saturated carbocycles. The minimum Gasteiger partial charge on any atom is -0.385 e. The Bertz CT molecular complexity index is 473. The van der Waals surface area contributed by atoms with Crippen LogP contribution in [-0.4, -0.2) is 79.2 Å². The van der Waals surface area contributed by atoms with Crippen molar-refractivity contribution in [2.75, 3.05) is 59.7 Å². The Morgan fingerprint density at radius 2 is 2.12 bits per heavy atom. The van der Waals surface area contributed by atoms with Crippen LogP contribution in [-0.2, 0) is 22.6 Å². The van der Waals surface area contributed by atoms with Gasteiger partial charge in [0.05, 0.1) is 18.9 Å². The van der Waals surface area contributed by atoms with E-state index in [1.54, 1.807) is 7.11 Å². The zero-order valence-electron chi connectivity index (χ0n) is 15.0. The summed E-state index contributed by atoms with van der Waals surface area (Å²) in [5.74, 6) is 0.793. The Morgan fingerprint density at radius 3 is 2.96 bits per heavy atom. The molecule has 2 fully saturated rings. The molecule has 6 nitrogen and oxygen atoms in total. The van der Waals surface area contributed by atoms with Crippen molar-refractivity contribution in [2.45, 2.75) is 32.4 Å². The van der Waals surface area contributed by atoms with E-state index in [0.717, 1.165) is 58.3 Å². The number of nitrogens with zero attached hydrogens (tertiary/aromatic N) is 4. The van der Waals surface area contributed by atoms with Gasteiger partial charge in [-0.25, -0.2) is 0 Å². The van der Waals surface area contributed by atoms with Gasteiger partial charge in [0.25, 0.3) is 0 Å². The van der Waals surface area contributed by atoms with Gasteiger partial charge in [-0.2, -0.15) is 5.10 Å². The predicted octanol–water partition coefficient (Wildman–Crippen LogP) is 1.46. The lowest BCUT2D eigenvalue weighted by atomic mass is 9.97. The number of likely N-dealkylation sites (tertiary alicyclic amines) is 1. The molecule has 2 aliphatic heterocycles. The second-order valence-corrected chi connectivity index (χ2v) is 7.05. The minimum absolute atomic E-state index is 0.793. The number of methoxy groups -OCH3 is 1. The third kappa shape index (κ3) is 5.28. The number of morpholine rings is 1. The fourth-order valence-electron chi connectivity index (χ4n) is 3.88. The molecule has 2 aliphatic rings. The molecule has 1 aromatic heterocycles. The first-order chi connectivity index (χ1) is 11.8. The summed E-state index contributed by atoms with van der Waals surface area (Å²) >= 11 is 0. The topological polar surface area (TPSA) is 42.8 Å².